The van der Waals surface area contributed by atoms with Crippen molar-refractivity contribution in [1.82, 2.24) is 20.5 Å². The largest absolute Gasteiger partial charge is 0.468 e. The minimum Gasteiger partial charge on any atom is -0.468 e. The molecule has 0 radical (unpaired) electrons. The molecular weight excluding hydrogens is 399 g/mol. The van der Waals surface area contributed by atoms with Crippen LogP contribution >= 0.6 is 0 Å². The van der Waals surface area contributed by atoms with E-state index in [1.165, 1.54) is 12.3 Å². The zero-order valence-electron chi connectivity index (χ0n) is 17.8. The summed E-state index contributed by atoms with van der Waals surface area (Å²) in [5.41, 5.74) is 0.767. The lowest BCUT2D eigenvalue weighted by molar-refractivity contribution is -0.154. The third-order valence-corrected chi connectivity index (χ3v) is 4.29. The van der Waals surface area contributed by atoms with E-state index in [-0.39, 0.29) is 12.0 Å². The monoisotopic (exact) mass is 431 g/mol. The summed E-state index contributed by atoms with van der Waals surface area (Å²) >= 11 is 0. The highest BCUT2D eigenvalue weighted by atomic mass is 19.4. The van der Waals surface area contributed by atoms with Crippen LogP contribution in [0.5, 0.6) is 5.88 Å². The average Bonchev–Trinajstić information content (AvgIpc) is 2.68. The van der Waals surface area contributed by atoms with Crippen LogP contribution in [0.1, 0.15) is 26.3 Å². The molecule has 1 aliphatic heterocycles. The number of halogens is 3. The van der Waals surface area contributed by atoms with E-state index < -0.39 is 12.8 Å². The van der Waals surface area contributed by atoms with Gasteiger partial charge in [-0.15, -0.1) is 0 Å². The van der Waals surface area contributed by atoms with Crippen molar-refractivity contribution in [3.8, 4) is 5.88 Å². The van der Waals surface area contributed by atoms with Gasteiger partial charge in [-0.2, -0.15) is 13.2 Å². The van der Waals surface area contributed by atoms with Crippen LogP contribution in [-0.2, 0) is 11.3 Å². The Morgan fingerprint density at radius 1 is 1.37 bits per heavy atom. The maximum absolute atomic E-state index is 12.2. The number of hydrogen-bond acceptors (Lipinski definition) is 5. The Balaban J connectivity index is 1.83. The summed E-state index contributed by atoms with van der Waals surface area (Å²) in [7, 11) is 0. The average molecular weight is 432 g/mol. The van der Waals surface area contributed by atoms with E-state index in [2.05, 4.69) is 44.1 Å². The van der Waals surface area contributed by atoms with E-state index in [9.17, 15) is 13.2 Å². The van der Waals surface area contributed by atoms with Gasteiger partial charge in [0, 0.05) is 45.0 Å². The first-order valence-electron chi connectivity index (χ1n) is 10.3. The summed E-state index contributed by atoms with van der Waals surface area (Å²) in [5, 5.41) is 6.48. The van der Waals surface area contributed by atoms with Gasteiger partial charge < -0.3 is 20.1 Å². The second kappa shape index (κ2) is 11.9. The van der Waals surface area contributed by atoms with Crippen molar-refractivity contribution in [2.45, 2.75) is 39.6 Å². The van der Waals surface area contributed by atoms with E-state index in [0.29, 0.717) is 31.5 Å². The second-order valence-corrected chi connectivity index (χ2v) is 7.63. The van der Waals surface area contributed by atoms with E-state index in [0.717, 1.165) is 31.8 Å². The van der Waals surface area contributed by atoms with Crippen molar-refractivity contribution in [2.24, 2.45) is 10.9 Å². The summed E-state index contributed by atoms with van der Waals surface area (Å²) in [6.07, 6.45) is -2.83. The summed E-state index contributed by atoms with van der Waals surface area (Å²) in [6.45, 7) is 10.4. The number of guanidine groups is 1. The standard InChI is InChI=1S/C20H32F3N5O2/c1-4-24-19(27-11-17-13-28(7-8-29-17)12-15(2)3)26-10-16-5-6-18(25-9-16)30-14-20(21,22)23/h5-6,9,15,17H,4,7-8,10-14H2,1-3H3,(H2,24,26,27). The van der Waals surface area contributed by atoms with Crippen LogP contribution in [0.25, 0.3) is 0 Å². The Bertz CT molecular complexity index is 653. The molecule has 0 amide bonds. The number of rotatable bonds is 9. The van der Waals surface area contributed by atoms with E-state index in [1.807, 2.05) is 6.92 Å². The summed E-state index contributed by atoms with van der Waals surface area (Å²) in [4.78, 5) is 10.8. The van der Waals surface area contributed by atoms with Crippen LogP contribution in [0, 0.1) is 5.92 Å². The molecule has 1 aliphatic rings. The third kappa shape index (κ3) is 9.62. The normalized spacial score (nSPS) is 18.5. The van der Waals surface area contributed by atoms with Gasteiger partial charge in [-0.1, -0.05) is 19.9 Å². The molecule has 1 atom stereocenters. The maximum Gasteiger partial charge on any atom is 0.422 e. The first-order valence-corrected chi connectivity index (χ1v) is 10.3. The minimum absolute atomic E-state index is 0.0644. The van der Waals surface area contributed by atoms with Crippen molar-refractivity contribution in [2.75, 3.05) is 45.9 Å². The predicted octanol–water partition coefficient (Wildman–Crippen LogP) is 2.43. The Hall–Kier alpha value is -2.07. The number of nitrogens with zero attached hydrogens (tertiary/aromatic N) is 3. The van der Waals surface area contributed by atoms with E-state index >= 15 is 0 Å². The Morgan fingerprint density at radius 3 is 2.80 bits per heavy atom. The topological polar surface area (TPSA) is 71.0 Å². The molecule has 0 spiro atoms. The summed E-state index contributed by atoms with van der Waals surface area (Å²) in [6, 6.07) is 3.07. The van der Waals surface area contributed by atoms with Gasteiger partial charge in [-0.25, -0.2) is 9.98 Å². The number of alkyl halides is 3. The van der Waals surface area contributed by atoms with Crippen LogP contribution in [0.2, 0.25) is 0 Å². The van der Waals surface area contributed by atoms with Crippen molar-refractivity contribution >= 4 is 5.96 Å². The molecule has 1 fully saturated rings. The van der Waals surface area contributed by atoms with Crippen LogP contribution in [0.4, 0.5) is 13.2 Å². The van der Waals surface area contributed by atoms with Gasteiger partial charge >= 0.3 is 6.18 Å². The number of ether oxygens (including phenoxy) is 2. The highest BCUT2D eigenvalue weighted by Crippen LogP contribution is 2.17. The van der Waals surface area contributed by atoms with Crippen LogP contribution in [0.15, 0.2) is 23.3 Å². The number of morpholine rings is 1. The van der Waals surface area contributed by atoms with Crippen molar-refractivity contribution in [3.63, 3.8) is 0 Å². The molecule has 2 N–H and O–H groups in total. The molecule has 2 heterocycles. The lowest BCUT2D eigenvalue weighted by atomic mass is 10.2. The Kier molecular flexibility index (Phi) is 9.64. The van der Waals surface area contributed by atoms with Crippen molar-refractivity contribution < 1.29 is 22.6 Å². The molecule has 10 heteroatoms. The third-order valence-electron chi connectivity index (χ3n) is 4.29. The van der Waals surface area contributed by atoms with E-state index in [4.69, 9.17) is 4.74 Å². The molecule has 1 aromatic rings. The highest BCUT2D eigenvalue weighted by Gasteiger charge is 2.28. The fourth-order valence-electron chi connectivity index (χ4n) is 3.05. The second-order valence-electron chi connectivity index (χ2n) is 7.63. The zero-order valence-corrected chi connectivity index (χ0v) is 17.8. The molecule has 2 rings (SSSR count). The molecule has 1 unspecified atom stereocenters. The minimum atomic E-state index is -4.38. The van der Waals surface area contributed by atoms with Gasteiger partial charge in [0.2, 0.25) is 5.88 Å². The molecule has 0 saturated carbocycles. The molecule has 30 heavy (non-hydrogen) atoms. The van der Waals surface area contributed by atoms with Crippen LogP contribution in [0.3, 0.4) is 0 Å². The maximum atomic E-state index is 12.2. The predicted molar refractivity (Wildman–Crippen MR) is 110 cm³/mol. The SMILES string of the molecule is CCNC(=NCc1ccc(OCC(F)(F)F)nc1)NCC1CN(CC(C)C)CCO1. The van der Waals surface area contributed by atoms with Crippen LogP contribution in [-0.4, -0.2) is 74.1 Å². The van der Waals surface area contributed by atoms with Crippen molar-refractivity contribution in [1.29, 1.82) is 0 Å². The zero-order chi connectivity index (χ0) is 22.0. The highest BCUT2D eigenvalue weighted by molar-refractivity contribution is 5.79. The fourth-order valence-corrected chi connectivity index (χ4v) is 3.05. The van der Waals surface area contributed by atoms with Gasteiger partial charge in [0.15, 0.2) is 12.6 Å². The molecule has 0 aromatic carbocycles. The van der Waals surface area contributed by atoms with Gasteiger partial charge in [-0.05, 0) is 18.4 Å². The van der Waals surface area contributed by atoms with Gasteiger partial charge in [-0.3, -0.25) is 4.90 Å². The molecule has 7 nitrogen and oxygen atoms in total. The summed E-state index contributed by atoms with van der Waals surface area (Å²) < 4.78 is 47.0. The molecule has 0 bridgehead atoms. The smallest absolute Gasteiger partial charge is 0.422 e. The summed E-state index contributed by atoms with van der Waals surface area (Å²) in [5.74, 6) is 1.21. The molecule has 0 aliphatic carbocycles. The van der Waals surface area contributed by atoms with Gasteiger partial charge in [0.25, 0.3) is 0 Å². The fraction of sp³-hybridized carbons (Fsp3) is 0.700. The Morgan fingerprint density at radius 2 is 2.17 bits per heavy atom. The molecular formula is C20H32F3N5O2. The lowest BCUT2D eigenvalue weighted by Crippen LogP contribution is -2.50. The van der Waals surface area contributed by atoms with Gasteiger partial charge in [0.05, 0.1) is 19.3 Å². The van der Waals surface area contributed by atoms with E-state index in [1.54, 1.807) is 6.07 Å². The van der Waals surface area contributed by atoms with Crippen LogP contribution < -0.4 is 15.4 Å². The Labute approximate surface area is 176 Å². The lowest BCUT2D eigenvalue weighted by Gasteiger charge is -2.34. The molecule has 170 valence electrons. The number of hydrogen-bond donors (Lipinski definition) is 2. The molecule has 1 aromatic heterocycles. The quantitative estimate of drug-likeness (QED) is 0.462. The first-order chi connectivity index (χ1) is 14.2. The number of aliphatic imine (C=N–C) groups is 1. The van der Waals surface area contributed by atoms with Gasteiger partial charge in [0.1, 0.15) is 0 Å². The number of nitrogens with one attached hydrogen (secondary N) is 2. The molecule has 1 saturated heterocycles. The number of aromatic nitrogens is 1. The first kappa shape index (κ1) is 24.2. The number of pyridine rings is 1. The van der Waals surface area contributed by atoms with Crippen molar-refractivity contribution in [3.05, 3.63) is 23.9 Å².